The lowest BCUT2D eigenvalue weighted by Crippen LogP contribution is -2.35. The van der Waals surface area contributed by atoms with Crippen LogP contribution in [0.3, 0.4) is 0 Å². The molecule has 0 bridgehead atoms. The molecule has 0 aromatic carbocycles. The van der Waals surface area contributed by atoms with Crippen molar-refractivity contribution in [2.24, 2.45) is 11.8 Å². The summed E-state index contributed by atoms with van der Waals surface area (Å²) in [5.74, 6) is 1.27. The Labute approximate surface area is 122 Å². The van der Waals surface area contributed by atoms with Crippen molar-refractivity contribution < 1.29 is 14.3 Å². The van der Waals surface area contributed by atoms with Crippen molar-refractivity contribution in [3.8, 4) is 0 Å². The number of piperidine rings is 1. The van der Waals surface area contributed by atoms with Crippen molar-refractivity contribution in [2.75, 3.05) is 46.6 Å². The third kappa shape index (κ3) is 7.82. The number of nitrogens with one attached hydrogen (secondary N) is 2. The highest BCUT2D eigenvalue weighted by molar-refractivity contribution is 5.76. The number of hydrogen-bond acceptors (Lipinski definition) is 4. The van der Waals surface area contributed by atoms with E-state index in [2.05, 4.69) is 17.6 Å². The van der Waals surface area contributed by atoms with E-state index in [9.17, 15) is 4.79 Å². The average molecular weight is 286 g/mol. The summed E-state index contributed by atoms with van der Waals surface area (Å²) in [7, 11) is 1.66. The van der Waals surface area contributed by atoms with Gasteiger partial charge in [0.25, 0.3) is 0 Å². The molecule has 0 radical (unpaired) electrons. The predicted molar refractivity (Wildman–Crippen MR) is 79.7 cm³/mol. The zero-order valence-corrected chi connectivity index (χ0v) is 13.0. The van der Waals surface area contributed by atoms with E-state index in [1.807, 2.05) is 0 Å². The molecular weight excluding hydrogens is 256 g/mol. The van der Waals surface area contributed by atoms with Crippen LogP contribution in [0.15, 0.2) is 0 Å². The van der Waals surface area contributed by atoms with Crippen LogP contribution < -0.4 is 10.6 Å². The maximum absolute atomic E-state index is 11.8. The van der Waals surface area contributed by atoms with E-state index < -0.39 is 0 Å². The van der Waals surface area contributed by atoms with Gasteiger partial charge in [-0.15, -0.1) is 0 Å². The third-order valence-corrected chi connectivity index (χ3v) is 3.87. The fourth-order valence-corrected chi connectivity index (χ4v) is 2.54. The van der Waals surface area contributed by atoms with Gasteiger partial charge in [0.05, 0.1) is 13.2 Å². The van der Waals surface area contributed by atoms with Crippen molar-refractivity contribution >= 4 is 5.91 Å². The summed E-state index contributed by atoms with van der Waals surface area (Å²) in [6, 6.07) is 0. The van der Waals surface area contributed by atoms with Crippen LogP contribution in [0.2, 0.25) is 0 Å². The predicted octanol–water partition coefficient (Wildman–Crippen LogP) is 1.18. The van der Waals surface area contributed by atoms with Gasteiger partial charge in [-0.25, -0.2) is 0 Å². The van der Waals surface area contributed by atoms with Gasteiger partial charge >= 0.3 is 0 Å². The molecule has 0 saturated carbocycles. The number of rotatable bonds is 10. The van der Waals surface area contributed by atoms with Crippen LogP contribution in [-0.2, 0) is 14.3 Å². The van der Waals surface area contributed by atoms with Gasteiger partial charge in [-0.05, 0) is 44.2 Å². The van der Waals surface area contributed by atoms with E-state index >= 15 is 0 Å². The van der Waals surface area contributed by atoms with Crippen LogP contribution in [0.25, 0.3) is 0 Å². The number of carbonyl (C=O) groups excluding carboxylic acids is 1. The molecule has 1 saturated heterocycles. The Morgan fingerprint density at radius 3 is 2.95 bits per heavy atom. The Kier molecular flexibility index (Phi) is 9.62. The summed E-state index contributed by atoms with van der Waals surface area (Å²) in [5.41, 5.74) is 0. The second-order valence-electron chi connectivity index (χ2n) is 5.60. The van der Waals surface area contributed by atoms with Crippen LogP contribution in [-0.4, -0.2) is 52.5 Å². The minimum Gasteiger partial charge on any atom is -0.382 e. The Morgan fingerprint density at radius 2 is 2.25 bits per heavy atom. The lowest BCUT2D eigenvalue weighted by atomic mass is 9.85. The summed E-state index contributed by atoms with van der Waals surface area (Å²) < 4.78 is 10.2. The summed E-state index contributed by atoms with van der Waals surface area (Å²) in [6.45, 7) is 6.98. The SMILES string of the molecule is COCCOCCCNC(=O)CC(C)C1CCCNC1. The minimum atomic E-state index is 0.167. The lowest BCUT2D eigenvalue weighted by molar-refractivity contribution is -0.122. The number of hydrogen-bond donors (Lipinski definition) is 2. The Balaban J connectivity index is 1.99. The van der Waals surface area contributed by atoms with E-state index in [1.165, 1.54) is 12.8 Å². The Hall–Kier alpha value is -0.650. The second kappa shape index (κ2) is 11.1. The highest BCUT2D eigenvalue weighted by Crippen LogP contribution is 2.22. The highest BCUT2D eigenvalue weighted by Gasteiger charge is 2.21. The molecule has 118 valence electrons. The molecule has 1 aliphatic heterocycles. The first-order valence-corrected chi connectivity index (χ1v) is 7.78. The molecule has 1 rings (SSSR count). The standard InChI is InChI=1S/C15H30N2O3/c1-13(14-5-3-6-16-12-14)11-15(18)17-7-4-8-20-10-9-19-2/h13-14,16H,3-12H2,1-2H3,(H,17,18). The van der Waals surface area contributed by atoms with E-state index in [4.69, 9.17) is 9.47 Å². The first-order valence-electron chi connectivity index (χ1n) is 7.78. The van der Waals surface area contributed by atoms with Crippen molar-refractivity contribution in [1.82, 2.24) is 10.6 Å². The van der Waals surface area contributed by atoms with Crippen LogP contribution in [0.1, 0.15) is 32.6 Å². The zero-order chi connectivity index (χ0) is 14.6. The monoisotopic (exact) mass is 286 g/mol. The molecule has 2 atom stereocenters. The second-order valence-corrected chi connectivity index (χ2v) is 5.60. The quantitative estimate of drug-likeness (QED) is 0.592. The summed E-state index contributed by atoms with van der Waals surface area (Å²) in [6.07, 6.45) is 3.97. The van der Waals surface area contributed by atoms with E-state index in [-0.39, 0.29) is 5.91 Å². The van der Waals surface area contributed by atoms with Gasteiger partial charge in [-0.1, -0.05) is 6.92 Å². The molecule has 5 heteroatoms. The molecule has 0 spiro atoms. The molecule has 1 fully saturated rings. The van der Waals surface area contributed by atoms with Crippen molar-refractivity contribution in [3.05, 3.63) is 0 Å². The van der Waals surface area contributed by atoms with Crippen molar-refractivity contribution in [3.63, 3.8) is 0 Å². The topological polar surface area (TPSA) is 59.6 Å². The Morgan fingerprint density at radius 1 is 1.40 bits per heavy atom. The fraction of sp³-hybridized carbons (Fsp3) is 0.933. The van der Waals surface area contributed by atoms with E-state index in [1.54, 1.807) is 7.11 Å². The highest BCUT2D eigenvalue weighted by atomic mass is 16.5. The largest absolute Gasteiger partial charge is 0.382 e. The van der Waals surface area contributed by atoms with Gasteiger partial charge in [-0.3, -0.25) is 4.79 Å². The molecule has 0 aromatic rings. The maximum atomic E-state index is 11.8. The van der Waals surface area contributed by atoms with Gasteiger partial charge < -0.3 is 20.1 Å². The first-order chi connectivity index (χ1) is 9.74. The fourth-order valence-electron chi connectivity index (χ4n) is 2.54. The molecule has 2 N–H and O–H groups in total. The molecule has 1 aliphatic rings. The molecular formula is C15H30N2O3. The maximum Gasteiger partial charge on any atom is 0.220 e. The molecule has 1 heterocycles. The van der Waals surface area contributed by atoms with E-state index in [0.717, 1.165) is 19.5 Å². The summed E-state index contributed by atoms with van der Waals surface area (Å²) in [4.78, 5) is 11.8. The number of methoxy groups -OCH3 is 1. The van der Waals surface area contributed by atoms with Crippen LogP contribution in [0.4, 0.5) is 0 Å². The lowest BCUT2D eigenvalue weighted by Gasteiger charge is -2.28. The number of carbonyl (C=O) groups is 1. The molecule has 20 heavy (non-hydrogen) atoms. The molecule has 2 unspecified atom stereocenters. The van der Waals surface area contributed by atoms with Gasteiger partial charge in [0.2, 0.25) is 5.91 Å². The van der Waals surface area contributed by atoms with Crippen molar-refractivity contribution in [2.45, 2.75) is 32.6 Å². The molecule has 5 nitrogen and oxygen atoms in total. The zero-order valence-electron chi connectivity index (χ0n) is 13.0. The molecule has 0 aromatic heterocycles. The van der Waals surface area contributed by atoms with Gasteiger partial charge in [-0.2, -0.15) is 0 Å². The summed E-state index contributed by atoms with van der Waals surface area (Å²) >= 11 is 0. The summed E-state index contributed by atoms with van der Waals surface area (Å²) in [5, 5.41) is 6.38. The third-order valence-electron chi connectivity index (χ3n) is 3.87. The van der Waals surface area contributed by atoms with Gasteiger partial charge in [0.1, 0.15) is 0 Å². The van der Waals surface area contributed by atoms with E-state index in [0.29, 0.717) is 44.6 Å². The number of ether oxygens (including phenoxy) is 2. The number of amides is 1. The molecule has 1 amide bonds. The molecule has 0 aliphatic carbocycles. The van der Waals surface area contributed by atoms with Gasteiger partial charge in [0, 0.05) is 26.7 Å². The van der Waals surface area contributed by atoms with Gasteiger partial charge in [0.15, 0.2) is 0 Å². The first kappa shape index (κ1) is 17.4. The van der Waals surface area contributed by atoms with Crippen molar-refractivity contribution in [1.29, 1.82) is 0 Å². The smallest absolute Gasteiger partial charge is 0.220 e. The normalized spacial score (nSPS) is 20.6. The Bertz CT molecular complexity index is 256. The van der Waals surface area contributed by atoms with Crippen LogP contribution in [0, 0.1) is 11.8 Å². The van der Waals surface area contributed by atoms with Crippen LogP contribution >= 0.6 is 0 Å². The van der Waals surface area contributed by atoms with Crippen LogP contribution in [0.5, 0.6) is 0 Å². The minimum absolute atomic E-state index is 0.167. The average Bonchev–Trinajstić information content (AvgIpc) is 2.47.